The predicted molar refractivity (Wildman–Crippen MR) is 77.3 cm³/mol. The molecule has 1 aliphatic rings. The molecule has 5 heteroatoms. The van der Waals surface area contributed by atoms with Crippen molar-refractivity contribution in [3.05, 3.63) is 16.4 Å². The monoisotopic (exact) mass is 293 g/mol. The molecule has 108 valence electrons. The van der Waals surface area contributed by atoms with Gasteiger partial charge in [-0.2, -0.15) is 10.4 Å². The van der Waals surface area contributed by atoms with E-state index in [9.17, 15) is 10.1 Å². The summed E-state index contributed by atoms with van der Waals surface area (Å²) in [5.74, 6) is 0.0399. The predicted octanol–water partition coefficient (Wildman–Crippen LogP) is 3.21. The number of carbonyl (C=O) groups excluding carboxylic acids is 1. The summed E-state index contributed by atoms with van der Waals surface area (Å²) >= 11 is 6.25. The fourth-order valence-corrected chi connectivity index (χ4v) is 3.44. The molecular weight excluding hydrogens is 274 g/mol. The van der Waals surface area contributed by atoms with E-state index in [2.05, 4.69) is 11.2 Å². The van der Waals surface area contributed by atoms with Crippen LogP contribution in [0.15, 0.2) is 0 Å². The van der Waals surface area contributed by atoms with Crippen molar-refractivity contribution in [1.29, 1.82) is 5.26 Å². The summed E-state index contributed by atoms with van der Waals surface area (Å²) in [5, 5.41) is 14.4. The van der Waals surface area contributed by atoms with Crippen LogP contribution in [0.25, 0.3) is 0 Å². The molecule has 0 aromatic carbocycles. The zero-order valence-corrected chi connectivity index (χ0v) is 13.2. The highest BCUT2D eigenvalue weighted by molar-refractivity contribution is 6.30. The minimum absolute atomic E-state index is 0.0399. The maximum Gasteiger partial charge on any atom is 0.158 e. The molecule has 1 unspecified atom stereocenters. The normalized spacial score (nSPS) is 25.5. The van der Waals surface area contributed by atoms with Crippen molar-refractivity contribution >= 4 is 17.4 Å². The average Bonchev–Trinajstić information content (AvgIpc) is 2.61. The third-order valence-electron chi connectivity index (χ3n) is 4.42. The summed E-state index contributed by atoms with van der Waals surface area (Å²) in [7, 11) is 1.77. The number of hydrogen-bond donors (Lipinski definition) is 0. The van der Waals surface area contributed by atoms with Crippen molar-refractivity contribution in [3.63, 3.8) is 0 Å². The molecule has 1 saturated carbocycles. The molecule has 0 spiro atoms. The minimum Gasteiger partial charge on any atom is -0.297 e. The molecule has 4 nitrogen and oxygen atoms in total. The molecule has 0 saturated heterocycles. The Morgan fingerprint density at radius 3 is 2.60 bits per heavy atom. The number of aryl methyl sites for hydroxylation is 2. The van der Waals surface area contributed by atoms with E-state index < -0.39 is 10.8 Å². The molecule has 1 aromatic heterocycles. The lowest BCUT2D eigenvalue weighted by atomic mass is 9.61. The van der Waals surface area contributed by atoms with Crippen LogP contribution in [0.2, 0.25) is 5.15 Å². The first-order valence-electron chi connectivity index (χ1n) is 6.88. The van der Waals surface area contributed by atoms with Crippen LogP contribution in [0.3, 0.4) is 0 Å². The molecule has 2 rings (SSSR count). The van der Waals surface area contributed by atoms with Gasteiger partial charge in [-0.25, -0.2) is 0 Å². The third kappa shape index (κ3) is 2.25. The van der Waals surface area contributed by atoms with Crippen molar-refractivity contribution in [2.45, 2.75) is 46.5 Å². The van der Waals surface area contributed by atoms with Crippen LogP contribution >= 0.6 is 11.6 Å². The van der Waals surface area contributed by atoms with Crippen molar-refractivity contribution in [2.24, 2.45) is 17.9 Å². The summed E-state index contributed by atoms with van der Waals surface area (Å²) in [6, 6.07) is 2.29. The zero-order valence-electron chi connectivity index (χ0n) is 12.5. The van der Waals surface area contributed by atoms with Gasteiger partial charge in [0.2, 0.25) is 0 Å². The molecule has 0 radical (unpaired) electrons. The summed E-state index contributed by atoms with van der Waals surface area (Å²) in [5.41, 5.74) is 0.223. The van der Waals surface area contributed by atoms with E-state index in [0.717, 1.165) is 24.1 Å². The van der Waals surface area contributed by atoms with Gasteiger partial charge >= 0.3 is 0 Å². The number of nitriles is 1. The highest BCUT2D eigenvalue weighted by atomic mass is 35.5. The second-order valence-electron chi connectivity index (χ2n) is 6.42. The lowest BCUT2D eigenvalue weighted by Gasteiger charge is -2.39. The van der Waals surface area contributed by atoms with Crippen LogP contribution in [0, 0.1) is 29.1 Å². The Bertz CT molecular complexity index is 597. The SMILES string of the molecule is Cc1nn(C)c(Cl)c1CC1(C#N)CCCC(C)(C)C1=O. The standard InChI is InChI=1S/C15H20ClN3O/c1-10-11(12(16)19(4)18-10)8-15(9-17)7-5-6-14(2,3)13(15)20/h5-8H2,1-4H3. The maximum atomic E-state index is 12.7. The van der Waals surface area contributed by atoms with E-state index in [0.29, 0.717) is 18.0 Å². The fourth-order valence-electron chi connectivity index (χ4n) is 3.20. The Morgan fingerprint density at radius 1 is 1.45 bits per heavy atom. The lowest BCUT2D eigenvalue weighted by Crippen LogP contribution is -2.45. The van der Waals surface area contributed by atoms with Gasteiger partial charge in [0.25, 0.3) is 0 Å². The Labute approximate surface area is 124 Å². The topological polar surface area (TPSA) is 58.7 Å². The van der Waals surface area contributed by atoms with Crippen LogP contribution in [-0.4, -0.2) is 15.6 Å². The van der Waals surface area contributed by atoms with Crippen molar-refractivity contribution < 1.29 is 4.79 Å². The largest absolute Gasteiger partial charge is 0.297 e. The smallest absolute Gasteiger partial charge is 0.158 e. The third-order valence-corrected chi connectivity index (χ3v) is 4.89. The highest BCUT2D eigenvalue weighted by Gasteiger charge is 2.49. The second-order valence-corrected chi connectivity index (χ2v) is 6.77. The summed E-state index contributed by atoms with van der Waals surface area (Å²) in [6.45, 7) is 5.72. The molecule has 0 amide bonds. The van der Waals surface area contributed by atoms with Crippen LogP contribution in [0.4, 0.5) is 0 Å². The molecule has 0 N–H and O–H groups in total. The van der Waals surface area contributed by atoms with E-state index in [4.69, 9.17) is 11.6 Å². The van der Waals surface area contributed by atoms with Gasteiger partial charge in [0, 0.05) is 24.4 Å². The zero-order chi connectivity index (χ0) is 15.1. The molecule has 20 heavy (non-hydrogen) atoms. The molecule has 1 aromatic rings. The van der Waals surface area contributed by atoms with Gasteiger partial charge in [0.15, 0.2) is 5.78 Å². The Kier molecular flexibility index (Phi) is 3.68. The molecular formula is C15H20ClN3O. The van der Waals surface area contributed by atoms with E-state index in [1.165, 1.54) is 0 Å². The summed E-state index contributed by atoms with van der Waals surface area (Å²) in [4.78, 5) is 12.7. The number of ketones is 1. The lowest BCUT2D eigenvalue weighted by molar-refractivity contribution is -0.138. The van der Waals surface area contributed by atoms with Gasteiger partial charge in [-0.1, -0.05) is 31.9 Å². The van der Waals surface area contributed by atoms with Crippen LogP contribution in [0.5, 0.6) is 0 Å². The first kappa shape index (κ1) is 15.1. The van der Waals surface area contributed by atoms with E-state index in [1.807, 2.05) is 20.8 Å². The number of halogens is 1. The Balaban J connectivity index is 2.43. The van der Waals surface area contributed by atoms with E-state index in [-0.39, 0.29) is 5.78 Å². The first-order chi connectivity index (χ1) is 9.23. The van der Waals surface area contributed by atoms with Crippen molar-refractivity contribution in [2.75, 3.05) is 0 Å². The van der Waals surface area contributed by atoms with Gasteiger partial charge in [-0.15, -0.1) is 0 Å². The van der Waals surface area contributed by atoms with E-state index >= 15 is 0 Å². The van der Waals surface area contributed by atoms with Gasteiger partial charge in [-0.3, -0.25) is 9.48 Å². The van der Waals surface area contributed by atoms with Crippen LogP contribution in [0.1, 0.15) is 44.4 Å². The average molecular weight is 294 g/mol. The molecule has 1 aliphatic carbocycles. The molecule has 1 heterocycles. The Hall–Kier alpha value is -1.34. The number of rotatable bonds is 2. The Morgan fingerprint density at radius 2 is 2.10 bits per heavy atom. The number of hydrogen-bond acceptors (Lipinski definition) is 3. The van der Waals surface area contributed by atoms with Crippen LogP contribution in [-0.2, 0) is 18.3 Å². The highest BCUT2D eigenvalue weighted by Crippen LogP contribution is 2.45. The van der Waals surface area contributed by atoms with Crippen molar-refractivity contribution in [3.8, 4) is 6.07 Å². The number of aromatic nitrogens is 2. The van der Waals surface area contributed by atoms with Crippen LogP contribution < -0.4 is 0 Å². The minimum atomic E-state index is -0.959. The van der Waals surface area contributed by atoms with Crippen molar-refractivity contribution in [1.82, 2.24) is 9.78 Å². The van der Waals surface area contributed by atoms with Gasteiger partial charge in [0.05, 0.1) is 11.8 Å². The maximum absolute atomic E-state index is 12.7. The van der Waals surface area contributed by atoms with Gasteiger partial charge < -0.3 is 0 Å². The summed E-state index contributed by atoms with van der Waals surface area (Å²) < 4.78 is 1.59. The molecule has 0 bridgehead atoms. The number of Topliss-reactive ketones (excluding diaryl/α,β-unsaturated/α-hetero) is 1. The fraction of sp³-hybridized carbons (Fsp3) is 0.667. The first-order valence-corrected chi connectivity index (χ1v) is 7.25. The number of carbonyl (C=O) groups is 1. The molecule has 0 aliphatic heterocycles. The quantitative estimate of drug-likeness (QED) is 0.841. The molecule has 1 fully saturated rings. The van der Waals surface area contributed by atoms with Gasteiger partial charge in [-0.05, 0) is 19.8 Å². The number of nitrogens with zero attached hydrogens (tertiary/aromatic N) is 3. The summed E-state index contributed by atoms with van der Waals surface area (Å²) in [6.07, 6.45) is 2.71. The van der Waals surface area contributed by atoms with E-state index in [1.54, 1.807) is 11.7 Å². The van der Waals surface area contributed by atoms with Gasteiger partial charge in [0.1, 0.15) is 10.6 Å². The second kappa shape index (κ2) is 4.89. The molecule has 1 atom stereocenters.